The van der Waals surface area contributed by atoms with Crippen molar-refractivity contribution >= 4 is 29.2 Å². The molecule has 200 valence electrons. The first-order valence-corrected chi connectivity index (χ1v) is 13.7. The lowest BCUT2D eigenvalue weighted by Gasteiger charge is -2.46. The predicted molar refractivity (Wildman–Crippen MR) is 146 cm³/mol. The molecule has 39 heavy (non-hydrogen) atoms. The first-order valence-electron chi connectivity index (χ1n) is 13.3. The Morgan fingerprint density at radius 2 is 2.05 bits per heavy atom. The first kappa shape index (κ1) is 25.5. The molecule has 1 N–H and O–H groups in total. The molecular weight excluding hydrogens is 514 g/mol. The van der Waals surface area contributed by atoms with Crippen LogP contribution in [0.3, 0.4) is 0 Å². The summed E-state index contributed by atoms with van der Waals surface area (Å²) in [6.07, 6.45) is 5.88. The number of nitrogens with zero attached hydrogens (tertiary/aromatic N) is 6. The second-order valence-corrected chi connectivity index (χ2v) is 12.0. The van der Waals surface area contributed by atoms with Gasteiger partial charge in [0.15, 0.2) is 5.69 Å². The minimum absolute atomic E-state index is 0.0310. The number of benzene rings is 1. The Kier molecular flexibility index (Phi) is 5.99. The smallest absolute Gasteiger partial charge is 0.273 e. The quantitative estimate of drug-likeness (QED) is 0.496. The van der Waals surface area contributed by atoms with E-state index in [9.17, 15) is 14.9 Å². The van der Waals surface area contributed by atoms with Gasteiger partial charge >= 0.3 is 0 Å². The van der Waals surface area contributed by atoms with Crippen LogP contribution < -0.4 is 10.2 Å². The van der Waals surface area contributed by atoms with Crippen molar-refractivity contribution < 1.29 is 9.59 Å². The zero-order chi connectivity index (χ0) is 27.6. The SMILES string of the molecule is Cc1c([C@H](C)n2cc(C(=O)NC3CC(C)(c4cc(Cl)ccc4C#N)C3)nn2)cnc(N2C[C@H]3C[C@H]3C2=O)c1C. The maximum absolute atomic E-state index is 13.0. The van der Waals surface area contributed by atoms with Gasteiger partial charge in [0.05, 0.1) is 23.9 Å². The Morgan fingerprint density at radius 1 is 1.28 bits per heavy atom. The van der Waals surface area contributed by atoms with Crippen molar-refractivity contribution in [1.82, 2.24) is 25.3 Å². The number of hydrogen-bond donors (Lipinski definition) is 1. The van der Waals surface area contributed by atoms with Gasteiger partial charge in [-0.15, -0.1) is 5.10 Å². The predicted octanol–water partition coefficient (Wildman–Crippen LogP) is 4.26. The van der Waals surface area contributed by atoms with Crippen molar-refractivity contribution in [2.45, 2.75) is 64.5 Å². The summed E-state index contributed by atoms with van der Waals surface area (Å²) >= 11 is 6.19. The van der Waals surface area contributed by atoms with Gasteiger partial charge in [-0.1, -0.05) is 23.7 Å². The lowest BCUT2D eigenvalue weighted by molar-refractivity contribution is -0.118. The standard InChI is InChI=1S/C29H30ClN7O2/c1-15-16(2)26(36-13-19-7-22(19)28(36)39)32-12-23(15)17(3)37-14-25(34-35-37)27(38)33-21-9-29(4,10-21)24-8-20(30)6-5-18(24)11-31/h5-6,8,12,14,17,19,21-22H,7,9-10,13H2,1-4H3,(H,33,38)/t17-,19+,21?,22+,29?/m0/s1. The van der Waals surface area contributed by atoms with E-state index in [0.717, 1.165) is 41.0 Å². The summed E-state index contributed by atoms with van der Waals surface area (Å²) in [5.41, 5.74) is 4.55. The minimum atomic E-state index is -0.278. The second kappa shape index (κ2) is 9.16. The number of fused-ring (bicyclic) bond motifs is 1. The number of rotatable bonds is 6. The van der Waals surface area contributed by atoms with E-state index in [1.165, 1.54) is 0 Å². The lowest BCUT2D eigenvalue weighted by atomic mass is 9.62. The van der Waals surface area contributed by atoms with E-state index in [2.05, 4.69) is 33.6 Å². The lowest BCUT2D eigenvalue weighted by Crippen LogP contribution is -2.52. The van der Waals surface area contributed by atoms with Gasteiger partial charge in [-0.25, -0.2) is 9.67 Å². The number of piperidine rings is 1. The second-order valence-electron chi connectivity index (χ2n) is 11.5. The fourth-order valence-corrected chi connectivity index (χ4v) is 6.48. The number of nitrogens with one attached hydrogen (secondary N) is 1. The van der Waals surface area contributed by atoms with Gasteiger partial charge < -0.3 is 5.32 Å². The van der Waals surface area contributed by atoms with Gasteiger partial charge in [-0.05, 0) is 91.8 Å². The zero-order valence-corrected chi connectivity index (χ0v) is 23.2. The molecule has 0 spiro atoms. The normalized spacial score (nSPS) is 26.0. The highest BCUT2D eigenvalue weighted by Gasteiger charge is 2.53. The highest BCUT2D eigenvalue weighted by atomic mass is 35.5. The Hall–Kier alpha value is -3.77. The third-order valence-electron chi connectivity index (χ3n) is 8.91. The molecule has 6 rings (SSSR count). The summed E-state index contributed by atoms with van der Waals surface area (Å²) in [4.78, 5) is 32.0. The van der Waals surface area contributed by atoms with E-state index in [0.29, 0.717) is 29.3 Å². The molecule has 3 atom stereocenters. The molecule has 1 saturated heterocycles. The summed E-state index contributed by atoms with van der Waals surface area (Å²) in [5, 5.41) is 21.5. The van der Waals surface area contributed by atoms with Crippen molar-refractivity contribution in [2.75, 3.05) is 11.4 Å². The topological polar surface area (TPSA) is 117 Å². The maximum Gasteiger partial charge on any atom is 0.273 e. The molecule has 0 radical (unpaired) electrons. The van der Waals surface area contributed by atoms with Crippen LogP contribution in [0.1, 0.15) is 77.5 Å². The van der Waals surface area contributed by atoms with Crippen LogP contribution in [0.4, 0.5) is 5.82 Å². The third kappa shape index (κ3) is 4.27. The molecule has 2 aliphatic carbocycles. The number of amides is 2. The largest absolute Gasteiger partial charge is 0.348 e. The molecule has 0 bridgehead atoms. The fraction of sp³-hybridized carbons (Fsp3) is 0.448. The average molecular weight is 544 g/mol. The minimum Gasteiger partial charge on any atom is -0.348 e. The van der Waals surface area contributed by atoms with Crippen LogP contribution in [-0.4, -0.2) is 44.4 Å². The van der Waals surface area contributed by atoms with Gasteiger partial charge in [0.2, 0.25) is 5.91 Å². The molecule has 2 amide bonds. The van der Waals surface area contributed by atoms with Crippen LogP contribution in [0.2, 0.25) is 5.02 Å². The third-order valence-corrected chi connectivity index (χ3v) is 9.14. The molecular formula is C29H30ClN7O2. The maximum atomic E-state index is 13.0. The van der Waals surface area contributed by atoms with Crippen molar-refractivity contribution in [1.29, 1.82) is 5.26 Å². The molecule has 3 fully saturated rings. The molecule has 2 aromatic heterocycles. The molecule has 3 aliphatic rings. The van der Waals surface area contributed by atoms with Crippen molar-refractivity contribution in [3.63, 3.8) is 0 Å². The number of halogens is 1. The highest BCUT2D eigenvalue weighted by molar-refractivity contribution is 6.30. The van der Waals surface area contributed by atoms with Crippen LogP contribution in [0.15, 0.2) is 30.6 Å². The molecule has 2 saturated carbocycles. The number of hydrogen-bond acceptors (Lipinski definition) is 6. The highest BCUT2D eigenvalue weighted by Crippen LogP contribution is 2.48. The average Bonchev–Trinajstić information content (AvgIpc) is 3.35. The molecule has 1 aliphatic heterocycles. The molecule has 3 heterocycles. The van der Waals surface area contributed by atoms with Gasteiger partial charge in [0, 0.05) is 29.7 Å². The Balaban J connectivity index is 1.12. The van der Waals surface area contributed by atoms with E-state index in [-0.39, 0.29) is 40.9 Å². The van der Waals surface area contributed by atoms with Crippen LogP contribution in [0, 0.1) is 37.0 Å². The zero-order valence-electron chi connectivity index (χ0n) is 22.4. The molecule has 9 nitrogen and oxygen atoms in total. The number of carbonyl (C=O) groups is 2. The summed E-state index contributed by atoms with van der Waals surface area (Å²) in [5.74, 6) is 1.32. The van der Waals surface area contributed by atoms with E-state index in [1.807, 2.05) is 37.9 Å². The summed E-state index contributed by atoms with van der Waals surface area (Å²) in [7, 11) is 0. The van der Waals surface area contributed by atoms with E-state index in [1.54, 1.807) is 23.0 Å². The van der Waals surface area contributed by atoms with Crippen molar-refractivity contribution in [2.24, 2.45) is 11.8 Å². The van der Waals surface area contributed by atoms with Crippen LogP contribution in [0.25, 0.3) is 0 Å². The monoisotopic (exact) mass is 543 g/mol. The molecule has 1 aromatic carbocycles. The van der Waals surface area contributed by atoms with Crippen LogP contribution in [-0.2, 0) is 10.2 Å². The molecule has 10 heteroatoms. The van der Waals surface area contributed by atoms with E-state index < -0.39 is 0 Å². The summed E-state index contributed by atoms with van der Waals surface area (Å²) in [6.45, 7) is 8.87. The number of anilines is 1. The first-order chi connectivity index (χ1) is 18.6. The van der Waals surface area contributed by atoms with Gasteiger partial charge in [-0.3, -0.25) is 14.5 Å². The van der Waals surface area contributed by atoms with Crippen molar-refractivity contribution in [3.8, 4) is 6.07 Å². The number of aromatic nitrogens is 4. The van der Waals surface area contributed by atoms with Crippen LogP contribution in [0.5, 0.6) is 0 Å². The summed E-state index contributed by atoms with van der Waals surface area (Å²) < 4.78 is 1.67. The Bertz CT molecular complexity index is 1550. The Morgan fingerprint density at radius 3 is 2.74 bits per heavy atom. The Labute approximate surface area is 232 Å². The van der Waals surface area contributed by atoms with Gasteiger partial charge in [0.25, 0.3) is 5.91 Å². The molecule has 3 aromatic rings. The number of pyridine rings is 1. The van der Waals surface area contributed by atoms with Crippen molar-refractivity contribution in [3.05, 3.63) is 69.1 Å². The van der Waals surface area contributed by atoms with Crippen LogP contribution >= 0.6 is 11.6 Å². The summed E-state index contributed by atoms with van der Waals surface area (Å²) in [6, 6.07) is 7.34. The van der Waals surface area contributed by atoms with E-state index >= 15 is 0 Å². The van der Waals surface area contributed by atoms with E-state index in [4.69, 9.17) is 11.6 Å². The fourth-order valence-electron chi connectivity index (χ4n) is 6.30. The van der Waals surface area contributed by atoms with Gasteiger partial charge in [-0.2, -0.15) is 5.26 Å². The van der Waals surface area contributed by atoms with Gasteiger partial charge in [0.1, 0.15) is 5.82 Å². The molecule has 0 unspecified atom stereocenters. The number of carbonyl (C=O) groups excluding carboxylic acids is 2. The number of nitriles is 1.